The molecule has 1 N–H and O–H groups in total. The van der Waals surface area contributed by atoms with E-state index in [-0.39, 0.29) is 17.1 Å². The minimum atomic E-state index is -3.77. The van der Waals surface area contributed by atoms with Crippen molar-refractivity contribution in [2.75, 3.05) is 23.0 Å². The van der Waals surface area contributed by atoms with E-state index in [2.05, 4.69) is 5.32 Å². The van der Waals surface area contributed by atoms with Gasteiger partial charge in [0.25, 0.3) is 0 Å². The lowest BCUT2D eigenvalue weighted by atomic mass is 10.1. The van der Waals surface area contributed by atoms with Gasteiger partial charge in [-0.25, -0.2) is 8.42 Å². The van der Waals surface area contributed by atoms with Crippen LogP contribution < -0.4 is 14.4 Å². The number of hydrogen-bond donors (Lipinski definition) is 1. The highest BCUT2D eigenvalue weighted by atomic mass is 35.5. The average Bonchev–Trinajstić information content (AvgIpc) is 2.60. The number of halogens is 2. The summed E-state index contributed by atoms with van der Waals surface area (Å²) in [6.45, 7) is 1.72. The van der Waals surface area contributed by atoms with Crippen molar-refractivity contribution in [2.24, 2.45) is 0 Å². The molecule has 0 bridgehead atoms. The molecule has 0 saturated carbocycles. The summed E-state index contributed by atoms with van der Waals surface area (Å²) in [6, 6.07) is 10.3. The highest BCUT2D eigenvalue weighted by molar-refractivity contribution is 7.92. The molecule has 0 heterocycles. The first kappa shape index (κ1) is 21.3. The summed E-state index contributed by atoms with van der Waals surface area (Å²) in [5.41, 5.74) is 0.674. The number of nitrogens with one attached hydrogen (secondary N) is 1. The third-order valence-corrected chi connectivity index (χ3v) is 5.66. The molecule has 0 saturated heterocycles. The van der Waals surface area contributed by atoms with Crippen molar-refractivity contribution in [3.05, 3.63) is 52.5 Å². The molecule has 6 nitrogen and oxygen atoms in total. The van der Waals surface area contributed by atoms with Crippen LogP contribution in [0.25, 0.3) is 0 Å². The second kappa shape index (κ2) is 8.82. The standard InChI is InChI=1S/C18H20Cl2N2O4S/c1-4-16(18(23)21-15-8-6-5-7-13(15)19)22(27(3,24)25)12-9-10-17(26-2)14(20)11-12/h5-11,16H,4H2,1-3H3,(H,21,23)/t16-/m1/s1. The zero-order valence-electron chi connectivity index (χ0n) is 15.1. The molecule has 0 radical (unpaired) electrons. The number of amides is 1. The van der Waals surface area contributed by atoms with Gasteiger partial charge in [-0.2, -0.15) is 0 Å². The van der Waals surface area contributed by atoms with Crippen molar-refractivity contribution in [3.8, 4) is 5.75 Å². The summed E-state index contributed by atoms with van der Waals surface area (Å²) >= 11 is 12.2. The molecule has 0 spiro atoms. The molecular weight excluding hydrogens is 411 g/mol. The molecule has 146 valence electrons. The van der Waals surface area contributed by atoms with Crippen molar-refractivity contribution in [1.29, 1.82) is 0 Å². The number of sulfonamides is 1. The number of hydrogen-bond acceptors (Lipinski definition) is 4. The molecule has 0 aliphatic rings. The summed E-state index contributed by atoms with van der Waals surface area (Å²) in [5, 5.41) is 3.29. The Balaban J connectivity index is 2.43. The van der Waals surface area contributed by atoms with Gasteiger partial charge in [-0.3, -0.25) is 9.10 Å². The number of methoxy groups -OCH3 is 1. The maximum Gasteiger partial charge on any atom is 0.248 e. The van der Waals surface area contributed by atoms with E-state index in [0.717, 1.165) is 10.6 Å². The molecular formula is C18H20Cl2N2O4S. The van der Waals surface area contributed by atoms with E-state index in [1.807, 2.05) is 0 Å². The molecule has 9 heteroatoms. The number of benzene rings is 2. The van der Waals surface area contributed by atoms with Crippen molar-refractivity contribution in [1.82, 2.24) is 0 Å². The highest BCUT2D eigenvalue weighted by Gasteiger charge is 2.32. The molecule has 0 aliphatic heterocycles. The number of nitrogens with zero attached hydrogens (tertiary/aromatic N) is 1. The van der Waals surface area contributed by atoms with Crippen LogP contribution in [0.3, 0.4) is 0 Å². The Kier molecular flexibility index (Phi) is 6.97. The number of ether oxygens (including phenoxy) is 1. The zero-order valence-corrected chi connectivity index (χ0v) is 17.4. The fraction of sp³-hybridized carbons (Fsp3) is 0.278. The molecule has 0 fully saturated rings. The molecule has 2 aromatic rings. The van der Waals surface area contributed by atoms with Crippen LogP contribution in [0.2, 0.25) is 10.0 Å². The third-order valence-electron chi connectivity index (χ3n) is 3.85. The number of rotatable bonds is 7. The van der Waals surface area contributed by atoms with E-state index in [1.54, 1.807) is 37.3 Å². The third kappa shape index (κ3) is 5.06. The first-order chi connectivity index (χ1) is 12.7. The topological polar surface area (TPSA) is 75.7 Å². The number of para-hydroxylation sites is 1. The van der Waals surface area contributed by atoms with Crippen LogP contribution in [0.5, 0.6) is 5.75 Å². The Morgan fingerprint density at radius 1 is 1.19 bits per heavy atom. The van der Waals surface area contributed by atoms with E-state index < -0.39 is 22.0 Å². The zero-order chi connectivity index (χ0) is 20.2. The SMILES string of the molecule is CC[C@H](C(=O)Nc1ccccc1Cl)N(c1ccc(OC)c(Cl)c1)S(C)(=O)=O. The highest BCUT2D eigenvalue weighted by Crippen LogP contribution is 2.32. The van der Waals surface area contributed by atoms with Gasteiger partial charge in [0.15, 0.2) is 0 Å². The predicted molar refractivity (Wildman–Crippen MR) is 109 cm³/mol. The van der Waals surface area contributed by atoms with E-state index in [4.69, 9.17) is 27.9 Å². The van der Waals surface area contributed by atoms with Gasteiger partial charge in [0, 0.05) is 0 Å². The van der Waals surface area contributed by atoms with Crippen molar-refractivity contribution in [2.45, 2.75) is 19.4 Å². The summed E-state index contributed by atoms with van der Waals surface area (Å²) in [5.74, 6) is -0.0922. The number of anilines is 2. The molecule has 0 aromatic heterocycles. The van der Waals surface area contributed by atoms with Gasteiger partial charge in [-0.05, 0) is 36.8 Å². The van der Waals surface area contributed by atoms with Gasteiger partial charge in [-0.15, -0.1) is 0 Å². The second-order valence-electron chi connectivity index (χ2n) is 5.77. The Hall–Kier alpha value is -1.96. The van der Waals surface area contributed by atoms with E-state index in [1.165, 1.54) is 19.2 Å². The second-order valence-corrected chi connectivity index (χ2v) is 8.44. The quantitative estimate of drug-likeness (QED) is 0.714. The molecule has 2 rings (SSSR count). The Labute approximate surface area is 169 Å². The lowest BCUT2D eigenvalue weighted by molar-refractivity contribution is -0.117. The van der Waals surface area contributed by atoms with Gasteiger partial charge in [0.05, 0.1) is 34.8 Å². The van der Waals surface area contributed by atoms with Crippen LogP contribution in [0, 0.1) is 0 Å². The lowest BCUT2D eigenvalue weighted by Crippen LogP contribution is -2.47. The molecule has 1 atom stereocenters. The predicted octanol–water partition coefficient (Wildman–Crippen LogP) is 4.19. The lowest BCUT2D eigenvalue weighted by Gasteiger charge is -2.30. The normalized spacial score (nSPS) is 12.3. The summed E-state index contributed by atoms with van der Waals surface area (Å²) in [7, 11) is -2.31. The maximum absolute atomic E-state index is 12.8. The van der Waals surface area contributed by atoms with Gasteiger partial charge in [0.2, 0.25) is 15.9 Å². The van der Waals surface area contributed by atoms with E-state index in [9.17, 15) is 13.2 Å². The monoisotopic (exact) mass is 430 g/mol. The van der Waals surface area contributed by atoms with Crippen LogP contribution in [-0.4, -0.2) is 33.7 Å². The van der Waals surface area contributed by atoms with Gasteiger partial charge in [0.1, 0.15) is 11.8 Å². The van der Waals surface area contributed by atoms with Crippen LogP contribution in [0.15, 0.2) is 42.5 Å². The Bertz CT molecular complexity index is 935. The summed E-state index contributed by atoms with van der Waals surface area (Å²) in [6.07, 6.45) is 1.28. The maximum atomic E-state index is 12.8. The molecule has 0 aliphatic carbocycles. The summed E-state index contributed by atoms with van der Waals surface area (Å²) < 4.78 is 31.1. The minimum absolute atomic E-state index is 0.241. The van der Waals surface area contributed by atoms with Crippen LogP contribution in [-0.2, 0) is 14.8 Å². The van der Waals surface area contributed by atoms with E-state index in [0.29, 0.717) is 16.5 Å². The van der Waals surface area contributed by atoms with Crippen molar-refractivity contribution in [3.63, 3.8) is 0 Å². The van der Waals surface area contributed by atoms with Gasteiger partial charge >= 0.3 is 0 Å². The average molecular weight is 431 g/mol. The minimum Gasteiger partial charge on any atom is -0.495 e. The van der Waals surface area contributed by atoms with Crippen LogP contribution >= 0.6 is 23.2 Å². The molecule has 0 unspecified atom stereocenters. The van der Waals surface area contributed by atoms with Crippen LogP contribution in [0.4, 0.5) is 11.4 Å². The fourth-order valence-corrected chi connectivity index (χ4v) is 4.27. The first-order valence-corrected chi connectivity index (χ1v) is 10.7. The molecule has 1 amide bonds. The molecule has 27 heavy (non-hydrogen) atoms. The number of carbonyl (C=O) groups excluding carboxylic acids is 1. The van der Waals surface area contributed by atoms with Gasteiger partial charge in [-0.1, -0.05) is 42.3 Å². The Morgan fingerprint density at radius 3 is 2.37 bits per heavy atom. The van der Waals surface area contributed by atoms with Crippen molar-refractivity contribution >= 4 is 50.5 Å². The summed E-state index contributed by atoms with van der Waals surface area (Å²) in [4.78, 5) is 12.8. The largest absolute Gasteiger partial charge is 0.495 e. The van der Waals surface area contributed by atoms with Crippen molar-refractivity contribution < 1.29 is 17.9 Å². The first-order valence-electron chi connectivity index (χ1n) is 8.07. The smallest absolute Gasteiger partial charge is 0.248 e. The Morgan fingerprint density at radius 2 is 1.85 bits per heavy atom. The van der Waals surface area contributed by atoms with Gasteiger partial charge < -0.3 is 10.1 Å². The number of carbonyl (C=O) groups is 1. The van der Waals surface area contributed by atoms with Crippen LogP contribution in [0.1, 0.15) is 13.3 Å². The molecule has 2 aromatic carbocycles. The fourth-order valence-electron chi connectivity index (χ4n) is 2.63. The van der Waals surface area contributed by atoms with E-state index >= 15 is 0 Å².